The van der Waals surface area contributed by atoms with Crippen LogP contribution in [0.3, 0.4) is 0 Å². The smallest absolute Gasteiger partial charge is 0.236 e. The van der Waals surface area contributed by atoms with Gasteiger partial charge in [0.2, 0.25) is 5.91 Å². The van der Waals surface area contributed by atoms with E-state index in [-0.39, 0.29) is 42.1 Å². The molecule has 0 bridgehead atoms. The zero-order valence-corrected chi connectivity index (χ0v) is 14.1. The number of nitrogens with one attached hydrogen (secondary N) is 1. The third kappa shape index (κ3) is 4.07. The van der Waals surface area contributed by atoms with Gasteiger partial charge in [-0.1, -0.05) is 0 Å². The van der Waals surface area contributed by atoms with E-state index in [0.717, 1.165) is 0 Å². The Balaban J connectivity index is 1.82. The highest BCUT2D eigenvalue weighted by atomic mass is 32.2. The zero-order valence-electron chi connectivity index (χ0n) is 13.3. The summed E-state index contributed by atoms with van der Waals surface area (Å²) in [5, 5.41) is 7.39. The minimum Gasteiger partial charge on any atom is -0.341 e. The van der Waals surface area contributed by atoms with Crippen LogP contribution in [0.25, 0.3) is 0 Å². The highest BCUT2D eigenvalue weighted by Gasteiger charge is 2.32. The lowest BCUT2D eigenvalue weighted by atomic mass is 10.1. The average Bonchev–Trinajstić information content (AvgIpc) is 3.12. The largest absolute Gasteiger partial charge is 0.341 e. The van der Waals surface area contributed by atoms with Crippen LogP contribution >= 0.6 is 0 Å². The van der Waals surface area contributed by atoms with Crippen molar-refractivity contribution in [3.05, 3.63) is 18.5 Å². The third-order valence-corrected chi connectivity index (χ3v) is 6.14. The van der Waals surface area contributed by atoms with Crippen molar-refractivity contribution >= 4 is 15.7 Å². The van der Waals surface area contributed by atoms with Crippen LogP contribution in [-0.2, 0) is 14.6 Å². The normalized spacial score (nSPS) is 23.1. The Morgan fingerprint density at radius 3 is 2.77 bits per heavy atom. The molecule has 8 heteroatoms. The van der Waals surface area contributed by atoms with Crippen LogP contribution in [0.1, 0.15) is 26.3 Å². The van der Waals surface area contributed by atoms with E-state index in [4.69, 9.17) is 0 Å². The quantitative estimate of drug-likeness (QED) is 0.799. The molecule has 2 heterocycles. The second kappa shape index (κ2) is 6.78. The van der Waals surface area contributed by atoms with Crippen molar-refractivity contribution in [2.24, 2.45) is 0 Å². The molecule has 3 atom stereocenters. The van der Waals surface area contributed by atoms with Crippen LogP contribution in [0, 0.1) is 0 Å². The molecule has 1 aliphatic heterocycles. The molecule has 0 spiro atoms. The zero-order chi connectivity index (χ0) is 16.3. The van der Waals surface area contributed by atoms with Crippen LogP contribution in [0.5, 0.6) is 0 Å². The van der Waals surface area contributed by atoms with Crippen molar-refractivity contribution < 1.29 is 13.2 Å². The third-order valence-electron chi connectivity index (χ3n) is 4.39. The van der Waals surface area contributed by atoms with Gasteiger partial charge in [0.05, 0.1) is 24.1 Å². The summed E-state index contributed by atoms with van der Waals surface area (Å²) in [5.41, 5.74) is 0. The Morgan fingerprint density at radius 2 is 2.23 bits per heavy atom. The van der Waals surface area contributed by atoms with Gasteiger partial charge in [-0.2, -0.15) is 5.10 Å². The number of carbonyl (C=O) groups excluding carboxylic acids is 1. The van der Waals surface area contributed by atoms with Crippen LogP contribution in [-0.4, -0.2) is 66.2 Å². The molecule has 1 saturated heterocycles. The molecule has 0 aromatic carbocycles. The molecule has 1 fully saturated rings. The van der Waals surface area contributed by atoms with Gasteiger partial charge < -0.3 is 10.2 Å². The summed E-state index contributed by atoms with van der Waals surface area (Å²) < 4.78 is 24.8. The highest BCUT2D eigenvalue weighted by molar-refractivity contribution is 7.91. The number of carbonyl (C=O) groups is 1. The van der Waals surface area contributed by atoms with Crippen LogP contribution in [0.15, 0.2) is 18.5 Å². The number of hydrogen-bond acceptors (Lipinski definition) is 5. The molecular weight excluding hydrogens is 304 g/mol. The number of rotatable bonds is 6. The van der Waals surface area contributed by atoms with E-state index >= 15 is 0 Å². The van der Waals surface area contributed by atoms with E-state index in [1.54, 1.807) is 18.1 Å². The predicted octanol–water partition coefficient (Wildman–Crippen LogP) is 0.0677. The number of nitrogens with zero attached hydrogens (tertiary/aromatic N) is 3. The first kappa shape index (κ1) is 17.0. The van der Waals surface area contributed by atoms with Gasteiger partial charge in [0.15, 0.2) is 9.84 Å². The molecule has 7 nitrogen and oxygen atoms in total. The lowest BCUT2D eigenvalue weighted by Gasteiger charge is -2.26. The molecular formula is C14H24N4O3S. The van der Waals surface area contributed by atoms with E-state index in [2.05, 4.69) is 10.4 Å². The van der Waals surface area contributed by atoms with E-state index in [1.807, 2.05) is 30.8 Å². The molecule has 1 amide bonds. The van der Waals surface area contributed by atoms with Gasteiger partial charge in [-0.05, 0) is 26.3 Å². The lowest BCUT2D eigenvalue weighted by molar-refractivity contribution is -0.130. The Hall–Kier alpha value is -1.41. The molecule has 0 unspecified atom stereocenters. The summed E-state index contributed by atoms with van der Waals surface area (Å²) in [4.78, 5) is 13.8. The molecule has 1 N–H and O–H groups in total. The van der Waals surface area contributed by atoms with Crippen molar-refractivity contribution in [2.75, 3.05) is 25.1 Å². The highest BCUT2D eigenvalue weighted by Crippen LogP contribution is 2.16. The minimum atomic E-state index is -2.97. The fourth-order valence-electron chi connectivity index (χ4n) is 2.58. The summed E-state index contributed by atoms with van der Waals surface area (Å²) in [6, 6.07) is 1.87. The lowest BCUT2D eigenvalue weighted by Crippen LogP contribution is -2.45. The van der Waals surface area contributed by atoms with Crippen molar-refractivity contribution in [1.82, 2.24) is 20.0 Å². The van der Waals surface area contributed by atoms with Crippen molar-refractivity contribution in [1.29, 1.82) is 0 Å². The summed E-state index contributed by atoms with van der Waals surface area (Å²) in [5.74, 6) is 0.172. The van der Waals surface area contributed by atoms with Gasteiger partial charge in [0.25, 0.3) is 0 Å². The summed E-state index contributed by atoms with van der Waals surface area (Å²) >= 11 is 0. The van der Waals surface area contributed by atoms with E-state index in [9.17, 15) is 13.2 Å². The SMILES string of the molecule is C[C@H](NCC(=O)N(C)[C@H]1CCS(=O)(=O)C1)[C@H](C)n1cccn1. The molecule has 2 rings (SSSR count). The maximum atomic E-state index is 12.2. The maximum Gasteiger partial charge on any atom is 0.236 e. The average molecular weight is 328 g/mol. The first-order valence-electron chi connectivity index (χ1n) is 7.49. The Bertz CT molecular complexity index is 600. The summed E-state index contributed by atoms with van der Waals surface area (Å²) in [6.45, 7) is 4.22. The predicted molar refractivity (Wildman–Crippen MR) is 84.2 cm³/mol. The molecule has 0 saturated carbocycles. The van der Waals surface area contributed by atoms with Gasteiger partial charge in [-0.25, -0.2) is 8.42 Å². The molecule has 22 heavy (non-hydrogen) atoms. The number of likely N-dealkylation sites (N-methyl/N-ethyl adjacent to an activating group) is 1. The Morgan fingerprint density at radius 1 is 1.50 bits per heavy atom. The molecule has 1 aromatic heterocycles. The van der Waals surface area contributed by atoms with E-state index in [1.165, 1.54) is 0 Å². The number of aromatic nitrogens is 2. The van der Waals surface area contributed by atoms with E-state index < -0.39 is 9.84 Å². The van der Waals surface area contributed by atoms with Gasteiger partial charge in [0.1, 0.15) is 0 Å². The van der Waals surface area contributed by atoms with Gasteiger partial charge in [-0.15, -0.1) is 0 Å². The number of hydrogen-bond donors (Lipinski definition) is 1. The van der Waals surface area contributed by atoms with Gasteiger partial charge in [0, 0.05) is 31.5 Å². The van der Waals surface area contributed by atoms with Crippen molar-refractivity contribution in [3.63, 3.8) is 0 Å². The monoisotopic (exact) mass is 328 g/mol. The van der Waals surface area contributed by atoms with Crippen LogP contribution < -0.4 is 5.32 Å². The van der Waals surface area contributed by atoms with Gasteiger partial charge in [-0.3, -0.25) is 9.48 Å². The summed E-state index contributed by atoms with van der Waals surface area (Å²) in [6.07, 6.45) is 4.15. The minimum absolute atomic E-state index is 0.0737. The van der Waals surface area contributed by atoms with Crippen molar-refractivity contribution in [3.8, 4) is 0 Å². The molecule has 0 aliphatic carbocycles. The van der Waals surface area contributed by atoms with Crippen LogP contribution in [0.2, 0.25) is 0 Å². The number of sulfone groups is 1. The Labute approximate surface area is 131 Å². The standard InChI is InChI=1S/C14H24N4O3S/c1-11(12(2)18-7-4-6-16-18)15-9-14(19)17(3)13-5-8-22(20,21)10-13/h4,6-7,11-13,15H,5,8-10H2,1-3H3/t11-,12-,13-/m0/s1. The second-order valence-electron chi connectivity index (χ2n) is 5.96. The van der Waals surface area contributed by atoms with Crippen molar-refractivity contribution in [2.45, 2.75) is 38.4 Å². The molecule has 0 radical (unpaired) electrons. The number of amides is 1. The summed E-state index contributed by atoms with van der Waals surface area (Å²) in [7, 11) is -1.30. The fraction of sp³-hybridized carbons (Fsp3) is 0.714. The van der Waals surface area contributed by atoms with Gasteiger partial charge >= 0.3 is 0 Å². The fourth-order valence-corrected chi connectivity index (χ4v) is 4.35. The van der Waals surface area contributed by atoms with E-state index in [0.29, 0.717) is 6.42 Å². The first-order valence-corrected chi connectivity index (χ1v) is 9.31. The topological polar surface area (TPSA) is 84.3 Å². The molecule has 1 aromatic rings. The second-order valence-corrected chi connectivity index (χ2v) is 8.19. The Kier molecular flexibility index (Phi) is 5.23. The maximum absolute atomic E-state index is 12.2. The first-order chi connectivity index (χ1) is 10.3. The molecule has 1 aliphatic rings. The van der Waals surface area contributed by atoms with Crippen LogP contribution in [0.4, 0.5) is 0 Å². The molecule has 124 valence electrons.